The quantitative estimate of drug-likeness (QED) is 0.394. The van der Waals surface area contributed by atoms with Gasteiger partial charge in [-0.05, 0) is 5.56 Å². The van der Waals surface area contributed by atoms with E-state index >= 15 is 0 Å². The minimum absolute atomic E-state index is 0.0215. The molecule has 10 heteroatoms. The van der Waals surface area contributed by atoms with Crippen LogP contribution in [0.25, 0.3) is 0 Å². The number of rotatable bonds is 5. The molecule has 2 rings (SSSR count). The van der Waals surface area contributed by atoms with Crippen LogP contribution in [0.2, 0.25) is 0 Å². The summed E-state index contributed by atoms with van der Waals surface area (Å²) in [4.78, 5) is 35.3. The molecule has 2 N–H and O–H groups in total. The molecule has 1 aliphatic heterocycles. The molecule has 0 bridgehead atoms. The standard InChI is InChI=1S/C13H14N2O7S/c1-22-13(18)11-10(12(17)15(11)23(19,20)21)14-9(16)7-8-5-3-2-4-6-8/h2-6,10-11H,7H2,1H3,(H,14,16)(H,19,20,21)/t10-,11-/m1/s1. The van der Waals surface area contributed by atoms with Crippen LogP contribution in [-0.4, -0.2) is 54.3 Å². The van der Waals surface area contributed by atoms with Crippen LogP contribution in [0, 0.1) is 0 Å². The normalized spacial score (nSPS) is 20.6. The topological polar surface area (TPSA) is 130 Å². The molecule has 124 valence electrons. The van der Waals surface area contributed by atoms with E-state index in [2.05, 4.69) is 10.1 Å². The summed E-state index contributed by atoms with van der Waals surface area (Å²) in [6.07, 6.45) is -0.0512. The molecule has 0 spiro atoms. The van der Waals surface area contributed by atoms with E-state index in [-0.39, 0.29) is 10.7 Å². The highest BCUT2D eigenvalue weighted by Crippen LogP contribution is 2.24. The number of carbonyl (C=O) groups is 3. The Morgan fingerprint density at radius 2 is 1.91 bits per heavy atom. The van der Waals surface area contributed by atoms with E-state index in [1.165, 1.54) is 0 Å². The molecule has 0 aliphatic carbocycles. The number of methoxy groups -OCH3 is 1. The van der Waals surface area contributed by atoms with E-state index in [0.29, 0.717) is 5.56 Å². The van der Waals surface area contributed by atoms with Gasteiger partial charge in [-0.15, -0.1) is 0 Å². The third-order valence-electron chi connectivity index (χ3n) is 3.27. The molecule has 1 aliphatic rings. The molecule has 0 aromatic heterocycles. The van der Waals surface area contributed by atoms with Crippen molar-refractivity contribution in [2.75, 3.05) is 7.11 Å². The second kappa shape index (κ2) is 6.34. The highest BCUT2D eigenvalue weighted by atomic mass is 32.2. The largest absolute Gasteiger partial charge is 0.467 e. The van der Waals surface area contributed by atoms with Crippen LogP contribution in [0.4, 0.5) is 0 Å². The summed E-state index contributed by atoms with van der Waals surface area (Å²) in [7, 11) is -3.92. The zero-order valence-corrected chi connectivity index (χ0v) is 12.8. The fourth-order valence-corrected chi connectivity index (χ4v) is 3.05. The first-order valence-corrected chi connectivity index (χ1v) is 7.87. The first kappa shape index (κ1) is 16.9. The first-order chi connectivity index (χ1) is 10.8. The smallest absolute Gasteiger partial charge is 0.363 e. The summed E-state index contributed by atoms with van der Waals surface area (Å²) in [6.45, 7) is 0. The van der Waals surface area contributed by atoms with Crippen LogP contribution in [0.15, 0.2) is 30.3 Å². The summed E-state index contributed by atoms with van der Waals surface area (Å²) in [5.74, 6) is -2.74. The molecule has 0 radical (unpaired) electrons. The molecule has 0 unspecified atom stereocenters. The first-order valence-electron chi connectivity index (χ1n) is 6.47. The molecule has 1 fully saturated rings. The lowest BCUT2D eigenvalue weighted by Crippen LogP contribution is -2.74. The lowest BCUT2D eigenvalue weighted by atomic mass is 9.98. The number of carbonyl (C=O) groups excluding carboxylic acids is 3. The van der Waals surface area contributed by atoms with Crippen molar-refractivity contribution in [3.05, 3.63) is 35.9 Å². The molecule has 1 heterocycles. The summed E-state index contributed by atoms with van der Waals surface area (Å²) in [6, 6.07) is 5.61. The van der Waals surface area contributed by atoms with Gasteiger partial charge < -0.3 is 10.1 Å². The molecular weight excluding hydrogens is 328 g/mol. The molecule has 2 atom stereocenters. The number of β-lactam (4-membered cyclic amide) rings is 1. The van der Waals surface area contributed by atoms with Gasteiger partial charge in [-0.3, -0.25) is 14.1 Å². The van der Waals surface area contributed by atoms with Crippen LogP contribution >= 0.6 is 0 Å². The molecule has 2 amide bonds. The lowest BCUT2D eigenvalue weighted by Gasteiger charge is -2.41. The molecule has 23 heavy (non-hydrogen) atoms. The average Bonchev–Trinajstić information content (AvgIpc) is 2.48. The Hall–Kier alpha value is -2.46. The maximum atomic E-state index is 11.9. The highest BCUT2D eigenvalue weighted by molar-refractivity contribution is 7.84. The third kappa shape index (κ3) is 3.48. The Kier molecular flexibility index (Phi) is 4.66. The van der Waals surface area contributed by atoms with E-state index in [4.69, 9.17) is 4.55 Å². The van der Waals surface area contributed by atoms with Crippen molar-refractivity contribution in [1.82, 2.24) is 9.62 Å². The summed E-state index contributed by atoms with van der Waals surface area (Å²) >= 11 is 0. The number of amides is 2. The second-order valence-electron chi connectivity index (χ2n) is 4.79. The monoisotopic (exact) mass is 342 g/mol. The van der Waals surface area contributed by atoms with Crippen molar-refractivity contribution >= 4 is 28.1 Å². The molecule has 1 saturated heterocycles. The van der Waals surface area contributed by atoms with E-state index < -0.39 is 40.2 Å². The number of hydrogen-bond acceptors (Lipinski definition) is 6. The van der Waals surface area contributed by atoms with Gasteiger partial charge in [-0.1, -0.05) is 30.3 Å². The second-order valence-corrected chi connectivity index (χ2v) is 6.08. The predicted octanol–water partition coefficient (Wildman–Crippen LogP) is -1.10. The van der Waals surface area contributed by atoms with Gasteiger partial charge in [0.15, 0.2) is 6.04 Å². The Morgan fingerprint density at radius 3 is 2.43 bits per heavy atom. The van der Waals surface area contributed by atoms with Crippen LogP contribution in [0.5, 0.6) is 0 Å². The van der Waals surface area contributed by atoms with E-state index in [0.717, 1.165) is 7.11 Å². The van der Waals surface area contributed by atoms with Gasteiger partial charge >= 0.3 is 16.3 Å². The van der Waals surface area contributed by atoms with Gasteiger partial charge in [0.1, 0.15) is 6.04 Å². The zero-order valence-electron chi connectivity index (χ0n) is 12.0. The summed E-state index contributed by atoms with van der Waals surface area (Å²) in [5, 5.41) is 2.28. The van der Waals surface area contributed by atoms with Crippen LogP contribution in [0.1, 0.15) is 5.56 Å². The van der Waals surface area contributed by atoms with E-state index in [1.54, 1.807) is 30.3 Å². The van der Waals surface area contributed by atoms with Crippen molar-refractivity contribution < 1.29 is 32.1 Å². The van der Waals surface area contributed by atoms with Crippen LogP contribution in [0.3, 0.4) is 0 Å². The Morgan fingerprint density at radius 1 is 1.30 bits per heavy atom. The number of nitrogens with zero attached hydrogens (tertiary/aromatic N) is 1. The van der Waals surface area contributed by atoms with Gasteiger partial charge in [0.05, 0.1) is 13.5 Å². The van der Waals surface area contributed by atoms with Crippen molar-refractivity contribution in [2.45, 2.75) is 18.5 Å². The summed E-state index contributed by atoms with van der Waals surface area (Å²) < 4.78 is 35.6. The van der Waals surface area contributed by atoms with Gasteiger partial charge in [-0.2, -0.15) is 12.7 Å². The Bertz CT molecular complexity index is 732. The fraction of sp³-hybridized carbons (Fsp3) is 0.308. The third-order valence-corrected chi connectivity index (χ3v) is 4.17. The summed E-state index contributed by atoms with van der Waals surface area (Å²) in [5.41, 5.74) is 0.679. The molecule has 1 aromatic carbocycles. The molecular formula is C13H14N2O7S. The van der Waals surface area contributed by atoms with Crippen LogP contribution < -0.4 is 5.32 Å². The molecule has 9 nitrogen and oxygen atoms in total. The Balaban J connectivity index is 2.11. The number of esters is 1. The van der Waals surface area contributed by atoms with E-state index in [9.17, 15) is 22.8 Å². The van der Waals surface area contributed by atoms with Crippen molar-refractivity contribution in [2.24, 2.45) is 0 Å². The minimum atomic E-state index is -4.92. The van der Waals surface area contributed by atoms with Gasteiger partial charge in [0.2, 0.25) is 5.91 Å². The zero-order chi connectivity index (χ0) is 17.2. The van der Waals surface area contributed by atoms with Gasteiger partial charge in [0.25, 0.3) is 5.91 Å². The van der Waals surface area contributed by atoms with Crippen molar-refractivity contribution in [3.8, 4) is 0 Å². The molecule has 1 aromatic rings. The van der Waals surface area contributed by atoms with Gasteiger partial charge in [-0.25, -0.2) is 4.79 Å². The number of benzene rings is 1. The minimum Gasteiger partial charge on any atom is -0.467 e. The van der Waals surface area contributed by atoms with E-state index in [1.807, 2.05) is 0 Å². The lowest BCUT2D eigenvalue weighted by molar-refractivity contribution is -0.162. The maximum Gasteiger partial charge on any atom is 0.363 e. The number of ether oxygens (including phenoxy) is 1. The SMILES string of the molecule is COC(=O)[C@H]1[C@@H](NC(=O)Cc2ccccc2)C(=O)N1S(=O)(=O)O. The van der Waals surface area contributed by atoms with Gasteiger partial charge in [0, 0.05) is 0 Å². The average molecular weight is 342 g/mol. The van der Waals surface area contributed by atoms with Crippen molar-refractivity contribution in [1.29, 1.82) is 0 Å². The number of nitrogens with one attached hydrogen (secondary N) is 1. The Labute approximate surface area is 132 Å². The fourth-order valence-electron chi connectivity index (χ4n) is 2.22. The van der Waals surface area contributed by atoms with Crippen LogP contribution in [-0.2, 0) is 35.8 Å². The highest BCUT2D eigenvalue weighted by Gasteiger charge is 2.58. The van der Waals surface area contributed by atoms with Crippen molar-refractivity contribution in [3.63, 3.8) is 0 Å². The number of hydrogen-bond donors (Lipinski definition) is 2. The maximum absolute atomic E-state index is 11.9. The predicted molar refractivity (Wildman–Crippen MR) is 76.3 cm³/mol. The molecule has 0 saturated carbocycles.